The number of hydrogen-bond donors (Lipinski definition) is 0. The molecule has 0 aromatic rings. The largest absolute Gasteiger partial charge is 1.00 e. The molecule has 0 amide bonds. The van der Waals surface area contributed by atoms with Gasteiger partial charge in [-0.25, -0.2) is 0 Å². The van der Waals surface area contributed by atoms with Crippen molar-refractivity contribution in [2.75, 3.05) is 0 Å². The van der Waals surface area contributed by atoms with Crippen LogP contribution >= 0.6 is 0 Å². The van der Waals surface area contributed by atoms with Crippen LogP contribution in [0.2, 0.25) is 0 Å². The molecule has 0 aromatic heterocycles. The van der Waals surface area contributed by atoms with Crippen molar-refractivity contribution in [2.45, 2.75) is 21.3 Å². The Morgan fingerprint density at radius 3 is 1.20 bits per heavy atom. The lowest BCUT2D eigenvalue weighted by atomic mass is 11.0. The van der Waals surface area contributed by atoms with Crippen molar-refractivity contribution < 1.29 is 1.43 Å². The average Bonchev–Trinajstić information content (AvgIpc) is 1.50. The van der Waals surface area contributed by atoms with Gasteiger partial charge in [-0.1, -0.05) is 21.3 Å². The van der Waals surface area contributed by atoms with Crippen LogP contribution in [0, 0.1) is 0 Å². The molecule has 0 aliphatic heterocycles. The Bertz CT molecular complexity index is 3.90. The molecule has 0 aliphatic rings. The summed E-state index contributed by atoms with van der Waals surface area (Å²) in [7, 11) is 0. The Kier molecular flexibility index (Phi) is 1820. The van der Waals surface area contributed by atoms with Crippen molar-refractivity contribution in [3.8, 4) is 0 Å². The smallest absolute Gasteiger partial charge is 0.106 e. The van der Waals surface area contributed by atoms with Gasteiger partial charge in [-0.2, -0.15) is 0 Å². The van der Waals surface area contributed by atoms with Crippen LogP contribution in [0.5, 0.6) is 0 Å². The molecule has 0 heterocycles. The van der Waals surface area contributed by atoms with E-state index in [0.29, 0.717) is 0 Å². The van der Waals surface area contributed by atoms with Crippen LogP contribution in [-0.2, 0) is 0 Å². The maximum atomic E-state index is 3.00. The van der Waals surface area contributed by atoms with Gasteiger partial charge < -0.3 is 0 Å². The summed E-state index contributed by atoms with van der Waals surface area (Å²) in [6.07, 6.45) is 0. The predicted molar refractivity (Wildman–Crippen MR) is 30.4 cm³/mol. The third-order valence-electron chi connectivity index (χ3n) is 0. The highest BCUT2D eigenvalue weighted by atomic mass is 13.0. The standard InChI is InChI=1S/C2H6.C2H4.CH4/c2*1-2;/h1-2H3;1-2H2;1H4/p+1. The molecule has 5 heavy (non-hydrogen) atoms. The van der Waals surface area contributed by atoms with Crippen LogP contribution in [-0.4, -0.2) is 0 Å². The quantitative estimate of drug-likeness (QED) is 0.388. The Hall–Kier alpha value is -0.260. The van der Waals surface area contributed by atoms with E-state index in [0.717, 1.165) is 0 Å². The van der Waals surface area contributed by atoms with E-state index in [-0.39, 0.29) is 8.85 Å². The second-order valence-corrected chi connectivity index (χ2v) is 0. The van der Waals surface area contributed by atoms with Crippen molar-refractivity contribution >= 4 is 0 Å². The van der Waals surface area contributed by atoms with Gasteiger partial charge in [-0.3, -0.25) is 0 Å². The minimum Gasteiger partial charge on any atom is -0.106 e. The Balaban J connectivity index is -0.00000000500. The van der Waals surface area contributed by atoms with Gasteiger partial charge in [0, 0.05) is 0 Å². The summed E-state index contributed by atoms with van der Waals surface area (Å²) >= 11 is 0. The van der Waals surface area contributed by atoms with Crippen LogP contribution < -0.4 is 0 Å². The van der Waals surface area contributed by atoms with Crippen molar-refractivity contribution in [3.63, 3.8) is 0 Å². The summed E-state index contributed by atoms with van der Waals surface area (Å²) in [6.45, 7) is 10.0. The zero-order valence-corrected chi connectivity index (χ0v) is 3.41. The lowest BCUT2D eigenvalue weighted by Crippen LogP contribution is -0.856. The van der Waals surface area contributed by atoms with Crippen molar-refractivity contribution in [1.82, 2.24) is 0 Å². The van der Waals surface area contributed by atoms with E-state index in [4.69, 9.17) is 0 Å². The van der Waals surface area contributed by atoms with Crippen LogP contribution in [0.25, 0.3) is 0 Å². The minimum atomic E-state index is 0. The molecule has 0 saturated heterocycles. The number of rotatable bonds is 0. The van der Waals surface area contributed by atoms with Gasteiger partial charge in [-0.05, 0) is 0 Å². The topological polar surface area (TPSA) is 0 Å². The predicted octanol–water partition coefficient (Wildman–Crippen LogP) is 2.58. The summed E-state index contributed by atoms with van der Waals surface area (Å²) in [5, 5.41) is 0. The zero-order valence-electron chi connectivity index (χ0n) is 4.41. The monoisotopic (exact) mass is 75.1 g/mol. The van der Waals surface area contributed by atoms with E-state index in [1.54, 1.807) is 0 Å². The number of hydrogen-bond acceptors (Lipinski definition) is 0. The maximum Gasteiger partial charge on any atom is 1.00 e. The third-order valence-corrected chi connectivity index (χ3v) is 0. The van der Waals surface area contributed by atoms with Crippen LogP contribution in [0.4, 0.5) is 0 Å². The lowest BCUT2D eigenvalue weighted by Gasteiger charge is -1.07. The molecule has 0 nitrogen and oxygen atoms in total. The van der Waals surface area contributed by atoms with Gasteiger partial charge >= 0.3 is 1.43 Å². The molecule has 0 atom stereocenters. The third kappa shape index (κ3) is 168. The molecule has 0 saturated carbocycles. The molecule has 0 aromatic carbocycles. The molecule has 0 unspecified atom stereocenters. The second-order valence-electron chi connectivity index (χ2n) is 0. The first-order chi connectivity index (χ1) is 2.00. The first-order valence-electron chi connectivity index (χ1n) is 1.50. The molecule has 0 N–H and O–H groups in total. The van der Waals surface area contributed by atoms with Crippen LogP contribution in [0.3, 0.4) is 0 Å². The molecule has 0 spiro atoms. The van der Waals surface area contributed by atoms with E-state index in [9.17, 15) is 0 Å². The summed E-state index contributed by atoms with van der Waals surface area (Å²) in [5.41, 5.74) is 0. The molecule has 0 fully saturated rings. The Morgan fingerprint density at radius 1 is 1.20 bits per heavy atom. The van der Waals surface area contributed by atoms with Crippen LogP contribution in [0.1, 0.15) is 22.7 Å². The van der Waals surface area contributed by atoms with E-state index >= 15 is 0 Å². The molecule has 0 heteroatoms. The van der Waals surface area contributed by atoms with E-state index < -0.39 is 0 Å². The van der Waals surface area contributed by atoms with Gasteiger partial charge in [0.05, 0.1) is 0 Å². The minimum absolute atomic E-state index is 0. The summed E-state index contributed by atoms with van der Waals surface area (Å²) in [4.78, 5) is 0. The summed E-state index contributed by atoms with van der Waals surface area (Å²) in [5.74, 6) is 0. The summed E-state index contributed by atoms with van der Waals surface area (Å²) < 4.78 is 0. The van der Waals surface area contributed by atoms with E-state index in [1.807, 2.05) is 13.8 Å². The molecular formula is C5H15+. The van der Waals surface area contributed by atoms with Gasteiger partial charge in [-0.15, -0.1) is 13.2 Å². The molecule has 0 radical (unpaired) electrons. The van der Waals surface area contributed by atoms with E-state index in [1.165, 1.54) is 0 Å². The maximum absolute atomic E-state index is 3.00. The van der Waals surface area contributed by atoms with Gasteiger partial charge in [0.25, 0.3) is 0 Å². The second kappa shape index (κ2) is 415. The fraction of sp³-hybridized carbons (Fsp3) is 0.600. The highest BCUT2D eigenvalue weighted by Crippen LogP contribution is 1.14. The average molecular weight is 75.2 g/mol. The first-order valence-corrected chi connectivity index (χ1v) is 1.50. The zero-order chi connectivity index (χ0) is 4.00. The van der Waals surface area contributed by atoms with E-state index in [2.05, 4.69) is 13.2 Å². The van der Waals surface area contributed by atoms with Gasteiger partial charge in [0.15, 0.2) is 0 Å². The highest BCUT2D eigenvalue weighted by molar-refractivity contribution is 4.22. The Morgan fingerprint density at radius 2 is 1.20 bits per heavy atom. The highest BCUT2D eigenvalue weighted by Gasteiger charge is 0.932. The molecule has 0 bridgehead atoms. The normalized spacial score (nSPS) is 2.00. The molecule has 0 rings (SSSR count). The fourth-order valence-corrected chi connectivity index (χ4v) is 0. The van der Waals surface area contributed by atoms with Gasteiger partial charge in [0.1, 0.15) is 0 Å². The van der Waals surface area contributed by atoms with Crippen molar-refractivity contribution in [3.05, 3.63) is 13.2 Å². The van der Waals surface area contributed by atoms with Crippen molar-refractivity contribution in [2.24, 2.45) is 0 Å². The fourth-order valence-electron chi connectivity index (χ4n) is 0. The first kappa shape index (κ1) is 21.9. The lowest BCUT2D eigenvalue weighted by molar-refractivity contribution is 1.50. The molecule has 34 valence electrons. The van der Waals surface area contributed by atoms with Gasteiger partial charge in [0.2, 0.25) is 0 Å². The SMILES string of the molecule is C.C=C.CC.[H+]. The van der Waals surface area contributed by atoms with Crippen LogP contribution in [0.15, 0.2) is 13.2 Å². The van der Waals surface area contributed by atoms with Crippen molar-refractivity contribution in [1.29, 1.82) is 0 Å². The molecule has 0 aliphatic carbocycles. The molecular weight excluding hydrogens is 60.1 g/mol. The summed E-state index contributed by atoms with van der Waals surface area (Å²) in [6, 6.07) is 0. The Labute approximate surface area is 37.0 Å².